The number of methoxy groups -OCH3 is 1. The smallest absolute Gasteiger partial charge is 0.171 e. The Bertz CT molecular complexity index is 1200. The predicted molar refractivity (Wildman–Crippen MR) is 132 cm³/mol. The molecule has 3 aromatic rings. The molecule has 1 saturated carbocycles. The monoisotopic (exact) mass is 486 g/mol. The lowest BCUT2D eigenvalue weighted by Gasteiger charge is -2.37. The fraction of sp³-hybridized carbons (Fsp3) is 0.458. The van der Waals surface area contributed by atoms with Gasteiger partial charge in [-0.25, -0.2) is 19.3 Å². The van der Waals surface area contributed by atoms with Gasteiger partial charge in [-0.2, -0.15) is 0 Å². The number of hydrogen-bond acceptors (Lipinski definition) is 8. The van der Waals surface area contributed by atoms with Crippen LogP contribution in [-0.2, 0) is 5.67 Å². The lowest BCUT2D eigenvalue weighted by molar-refractivity contribution is 0.301. The lowest BCUT2D eigenvalue weighted by Crippen LogP contribution is -2.47. The molecule has 0 spiro atoms. The van der Waals surface area contributed by atoms with Gasteiger partial charge in [0.2, 0.25) is 0 Å². The largest absolute Gasteiger partial charge is 0.493 e. The standard InChI is InChI=1S/C24H28ClFN6O2/c1-30(12-13-33)16-14-17-20(18(25)15-16)28-23(24(26)5-6-24)29-21(17)31-8-10-32(11-9-31)22-19(34-2)4-3-7-27-22/h3-4,7,14-15,33H,5-6,8-13H2,1-2H3. The molecule has 10 heteroatoms. The summed E-state index contributed by atoms with van der Waals surface area (Å²) < 4.78 is 20.5. The first-order valence-electron chi connectivity index (χ1n) is 11.4. The molecule has 0 radical (unpaired) electrons. The first-order chi connectivity index (χ1) is 16.4. The van der Waals surface area contributed by atoms with E-state index in [0.717, 1.165) is 22.6 Å². The Kier molecular flexibility index (Phi) is 6.07. The van der Waals surface area contributed by atoms with E-state index in [0.29, 0.717) is 61.9 Å². The van der Waals surface area contributed by atoms with Crippen LogP contribution in [0, 0.1) is 0 Å². The summed E-state index contributed by atoms with van der Waals surface area (Å²) in [6.07, 6.45) is 2.62. The summed E-state index contributed by atoms with van der Waals surface area (Å²) >= 11 is 6.65. The third kappa shape index (κ3) is 4.18. The number of anilines is 3. The first kappa shape index (κ1) is 22.9. The van der Waals surface area contributed by atoms with Crippen molar-refractivity contribution >= 4 is 39.8 Å². The molecule has 0 amide bonds. The Labute approximate surface area is 202 Å². The van der Waals surface area contributed by atoms with Gasteiger partial charge >= 0.3 is 0 Å². The van der Waals surface area contributed by atoms with Gasteiger partial charge in [-0.3, -0.25) is 0 Å². The Morgan fingerprint density at radius 1 is 1.15 bits per heavy atom. The van der Waals surface area contributed by atoms with Crippen molar-refractivity contribution in [2.45, 2.75) is 18.5 Å². The van der Waals surface area contributed by atoms with Gasteiger partial charge in [-0.05, 0) is 37.1 Å². The topological polar surface area (TPSA) is 77.9 Å². The van der Waals surface area contributed by atoms with Crippen molar-refractivity contribution in [2.24, 2.45) is 0 Å². The summed E-state index contributed by atoms with van der Waals surface area (Å²) in [5.74, 6) is 2.46. The first-order valence-corrected chi connectivity index (χ1v) is 11.8. The van der Waals surface area contributed by atoms with Gasteiger partial charge in [-0.1, -0.05) is 11.6 Å². The van der Waals surface area contributed by atoms with E-state index in [1.165, 1.54) is 0 Å². The number of nitrogens with zero attached hydrogens (tertiary/aromatic N) is 6. The molecule has 2 aliphatic rings. The van der Waals surface area contributed by atoms with Crippen molar-refractivity contribution in [1.82, 2.24) is 15.0 Å². The summed E-state index contributed by atoms with van der Waals surface area (Å²) in [5.41, 5.74) is -0.0650. The molecule has 2 aromatic heterocycles. The summed E-state index contributed by atoms with van der Waals surface area (Å²) in [6, 6.07) is 7.54. The average Bonchev–Trinajstić information content (AvgIpc) is 3.62. The molecule has 2 fully saturated rings. The fourth-order valence-electron chi connectivity index (χ4n) is 4.34. The molecular formula is C24H28ClFN6O2. The molecule has 0 atom stereocenters. The number of aromatic nitrogens is 3. The number of rotatable bonds is 7. The van der Waals surface area contributed by atoms with E-state index >= 15 is 4.39 Å². The van der Waals surface area contributed by atoms with Gasteiger partial charge in [0.1, 0.15) is 5.82 Å². The van der Waals surface area contributed by atoms with Crippen molar-refractivity contribution in [2.75, 3.05) is 68.2 Å². The van der Waals surface area contributed by atoms with Crippen molar-refractivity contribution in [3.63, 3.8) is 0 Å². The number of fused-ring (bicyclic) bond motifs is 1. The lowest BCUT2D eigenvalue weighted by atomic mass is 10.1. The molecule has 0 bridgehead atoms. The predicted octanol–water partition coefficient (Wildman–Crippen LogP) is 3.40. The van der Waals surface area contributed by atoms with Gasteiger partial charge in [-0.15, -0.1) is 0 Å². The molecule has 1 aliphatic heterocycles. The van der Waals surface area contributed by atoms with Crippen LogP contribution in [0.2, 0.25) is 5.02 Å². The van der Waals surface area contributed by atoms with E-state index in [-0.39, 0.29) is 12.4 Å². The molecule has 180 valence electrons. The maximum Gasteiger partial charge on any atom is 0.171 e. The van der Waals surface area contributed by atoms with Crippen LogP contribution >= 0.6 is 11.6 Å². The van der Waals surface area contributed by atoms with E-state index in [9.17, 15) is 5.11 Å². The molecule has 5 rings (SSSR count). The second kappa shape index (κ2) is 9.03. The Morgan fingerprint density at radius 2 is 1.85 bits per heavy atom. The minimum atomic E-state index is -1.47. The number of pyridine rings is 1. The van der Waals surface area contributed by atoms with Crippen LogP contribution in [0.4, 0.5) is 21.7 Å². The molecule has 1 N–H and O–H groups in total. The maximum atomic E-state index is 15.1. The Balaban J connectivity index is 1.51. The minimum Gasteiger partial charge on any atom is -0.493 e. The third-order valence-corrected chi connectivity index (χ3v) is 6.82. The van der Waals surface area contributed by atoms with Crippen LogP contribution < -0.4 is 19.4 Å². The second-order valence-electron chi connectivity index (χ2n) is 8.81. The highest BCUT2D eigenvalue weighted by Crippen LogP contribution is 2.49. The normalized spacial score (nSPS) is 17.2. The van der Waals surface area contributed by atoms with Gasteiger partial charge < -0.3 is 24.5 Å². The molecule has 34 heavy (non-hydrogen) atoms. The molecule has 1 saturated heterocycles. The van der Waals surface area contributed by atoms with Gasteiger partial charge in [0, 0.05) is 57.0 Å². The number of hydrogen-bond donors (Lipinski definition) is 1. The number of piperazine rings is 1. The van der Waals surface area contributed by atoms with Crippen LogP contribution in [0.1, 0.15) is 18.7 Å². The molecule has 0 unspecified atom stereocenters. The number of likely N-dealkylation sites (N-methyl/N-ethyl adjacent to an activating group) is 1. The third-order valence-electron chi connectivity index (χ3n) is 6.53. The van der Waals surface area contributed by atoms with Crippen molar-refractivity contribution in [3.05, 3.63) is 41.3 Å². The van der Waals surface area contributed by atoms with Crippen LogP contribution in [0.15, 0.2) is 30.5 Å². The fourth-order valence-corrected chi connectivity index (χ4v) is 4.60. The van der Waals surface area contributed by atoms with E-state index in [4.69, 9.17) is 21.3 Å². The summed E-state index contributed by atoms with van der Waals surface area (Å²) in [4.78, 5) is 20.0. The van der Waals surface area contributed by atoms with E-state index in [1.807, 2.05) is 36.2 Å². The van der Waals surface area contributed by atoms with E-state index in [2.05, 4.69) is 19.8 Å². The number of aliphatic hydroxyl groups is 1. The quantitative estimate of drug-likeness (QED) is 0.544. The van der Waals surface area contributed by atoms with Crippen LogP contribution in [0.25, 0.3) is 10.9 Å². The number of benzene rings is 1. The zero-order valence-electron chi connectivity index (χ0n) is 19.3. The highest BCUT2D eigenvalue weighted by atomic mass is 35.5. The maximum absolute atomic E-state index is 15.1. The summed E-state index contributed by atoms with van der Waals surface area (Å²) in [7, 11) is 3.54. The number of alkyl halides is 1. The highest BCUT2D eigenvalue weighted by molar-refractivity contribution is 6.35. The molecular weight excluding hydrogens is 459 g/mol. The van der Waals surface area contributed by atoms with Crippen molar-refractivity contribution in [1.29, 1.82) is 0 Å². The molecule has 3 heterocycles. The zero-order chi connectivity index (χ0) is 23.9. The number of aliphatic hydroxyl groups excluding tert-OH is 1. The minimum absolute atomic E-state index is 0.0256. The Morgan fingerprint density at radius 3 is 2.50 bits per heavy atom. The van der Waals surface area contributed by atoms with Crippen LogP contribution in [0.3, 0.4) is 0 Å². The van der Waals surface area contributed by atoms with Gasteiger partial charge in [0.15, 0.2) is 23.1 Å². The van der Waals surface area contributed by atoms with Crippen LogP contribution in [-0.4, -0.2) is 73.5 Å². The zero-order valence-corrected chi connectivity index (χ0v) is 20.1. The summed E-state index contributed by atoms with van der Waals surface area (Å²) in [5, 5.41) is 10.6. The SMILES string of the molecule is COc1cccnc1N1CCN(c2nc(C3(F)CC3)nc3c(Cl)cc(N(C)CCO)cc23)CC1. The van der Waals surface area contributed by atoms with Crippen molar-refractivity contribution in [3.8, 4) is 5.75 Å². The second-order valence-corrected chi connectivity index (χ2v) is 9.22. The van der Waals surface area contributed by atoms with Gasteiger partial charge in [0.25, 0.3) is 0 Å². The Hall–Kier alpha value is -2.91. The molecule has 1 aromatic carbocycles. The molecule has 8 nitrogen and oxygen atoms in total. The average molecular weight is 487 g/mol. The van der Waals surface area contributed by atoms with E-state index < -0.39 is 5.67 Å². The van der Waals surface area contributed by atoms with Crippen molar-refractivity contribution < 1.29 is 14.2 Å². The van der Waals surface area contributed by atoms with Gasteiger partial charge in [0.05, 0.1) is 24.3 Å². The summed E-state index contributed by atoms with van der Waals surface area (Å²) in [6.45, 7) is 3.28. The number of ether oxygens (including phenoxy) is 1. The van der Waals surface area contributed by atoms with Crippen LogP contribution in [0.5, 0.6) is 5.75 Å². The number of halogens is 2. The van der Waals surface area contributed by atoms with E-state index in [1.54, 1.807) is 13.3 Å². The molecule has 1 aliphatic carbocycles. The highest BCUT2D eigenvalue weighted by Gasteiger charge is 2.48.